The van der Waals surface area contributed by atoms with Gasteiger partial charge in [0.2, 0.25) is 11.8 Å². The van der Waals surface area contributed by atoms with Crippen LogP contribution < -0.4 is 16.0 Å². The number of amides is 4. The molecule has 4 amide bonds. The third-order valence-electron chi connectivity index (χ3n) is 4.92. The largest absolute Gasteiger partial charge is 0.394 e. The van der Waals surface area contributed by atoms with E-state index < -0.39 is 12.1 Å². The van der Waals surface area contributed by atoms with Gasteiger partial charge in [-0.2, -0.15) is 0 Å². The number of nitrogens with one attached hydrogen (secondary N) is 3. The second-order valence-corrected chi connectivity index (χ2v) is 7.63. The molecule has 2 saturated heterocycles. The van der Waals surface area contributed by atoms with Crippen molar-refractivity contribution in [3.63, 3.8) is 0 Å². The number of hydrogen-bond donors (Lipinski definition) is 4. The molecule has 27 heavy (non-hydrogen) atoms. The van der Waals surface area contributed by atoms with Crippen LogP contribution in [0.5, 0.6) is 0 Å². The summed E-state index contributed by atoms with van der Waals surface area (Å²) < 4.78 is 5.24. The third kappa shape index (κ3) is 6.66. The molecule has 0 bridgehead atoms. The second kappa shape index (κ2) is 10.5. The summed E-state index contributed by atoms with van der Waals surface area (Å²) in [5.41, 5.74) is 0. The van der Waals surface area contributed by atoms with E-state index in [2.05, 4.69) is 16.0 Å². The Morgan fingerprint density at radius 1 is 1.30 bits per heavy atom. The minimum atomic E-state index is -0.688. The molecule has 0 spiro atoms. The molecule has 0 saturated carbocycles. The predicted octanol–water partition coefficient (Wildman–Crippen LogP) is -0.554. The van der Waals surface area contributed by atoms with Gasteiger partial charge >= 0.3 is 6.03 Å². The summed E-state index contributed by atoms with van der Waals surface area (Å²) in [5, 5.41) is 18.0. The Bertz CT molecular complexity index is 522. The third-order valence-corrected chi connectivity index (χ3v) is 4.92. The molecule has 0 aromatic carbocycles. The molecule has 3 unspecified atom stereocenters. The molecule has 0 aromatic heterocycles. The Morgan fingerprint density at radius 2 is 2.00 bits per heavy atom. The lowest BCUT2D eigenvalue weighted by molar-refractivity contribution is -0.126. The first-order valence-electron chi connectivity index (χ1n) is 9.72. The number of aliphatic hydroxyl groups is 1. The highest BCUT2D eigenvalue weighted by Gasteiger charge is 2.30. The molecule has 0 aromatic rings. The van der Waals surface area contributed by atoms with E-state index in [0.717, 1.165) is 0 Å². The number of carbonyl (C=O) groups is 3. The van der Waals surface area contributed by atoms with Gasteiger partial charge in [0.05, 0.1) is 25.9 Å². The van der Waals surface area contributed by atoms with Crippen LogP contribution in [0.25, 0.3) is 0 Å². The van der Waals surface area contributed by atoms with Crippen LogP contribution in [0.2, 0.25) is 0 Å². The van der Waals surface area contributed by atoms with Gasteiger partial charge in [-0.25, -0.2) is 4.79 Å². The standard InChI is InChI=1S/C18H32N4O5/c1-12(2)9-15(21-18(26)22-5-7-27-8-6-22)17(25)20-14(11-23)10-13-3-4-19-16(13)24/h12-15,23H,3-11H2,1-2H3,(H,19,24)(H,20,25)(H,21,26). The molecule has 2 heterocycles. The Morgan fingerprint density at radius 3 is 2.56 bits per heavy atom. The summed E-state index contributed by atoms with van der Waals surface area (Å²) >= 11 is 0. The number of nitrogens with zero attached hydrogens (tertiary/aromatic N) is 1. The molecule has 2 aliphatic heterocycles. The van der Waals surface area contributed by atoms with E-state index in [4.69, 9.17) is 4.74 Å². The van der Waals surface area contributed by atoms with Gasteiger partial charge in [-0.1, -0.05) is 13.8 Å². The van der Waals surface area contributed by atoms with E-state index in [0.29, 0.717) is 52.1 Å². The molecule has 0 aliphatic carbocycles. The molecule has 2 aliphatic rings. The lowest BCUT2D eigenvalue weighted by Gasteiger charge is -2.30. The summed E-state index contributed by atoms with van der Waals surface area (Å²) in [6.07, 6.45) is 1.58. The smallest absolute Gasteiger partial charge is 0.318 e. The van der Waals surface area contributed by atoms with E-state index in [9.17, 15) is 19.5 Å². The quantitative estimate of drug-likeness (QED) is 0.447. The van der Waals surface area contributed by atoms with Crippen molar-refractivity contribution in [3.05, 3.63) is 0 Å². The van der Waals surface area contributed by atoms with Crippen LogP contribution in [0.15, 0.2) is 0 Å². The Hall–Kier alpha value is -1.87. The van der Waals surface area contributed by atoms with Crippen LogP contribution in [-0.2, 0) is 14.3 Å². The van der Waals surface area contributed by atoms with Crippen molar-refractivity contribution in [1.82, 2.24) is 20.9 Å². The maximum atomic E-state index is 12.7. The van der Waals surface area contributed by atoms with Gasteiger partial charge in [0.25, 0.3) is 0 Å². The zero-order chi connectivity index (χ0) is 19.8. The van der Waals surface area contributed by atoms with E-state index in [1.807, 2.05) is 13.8 Å². The van der Waals surface area contributed by atoms with Crippen molar-refractivity contribution in [2.75, 3.05) is 39.5 Å². The normalized spacial score (nSPS) is 22.3. The molecule has 9 nitrogen and oxygen atoms in total. The number of morpholine rings is 1. The van der Waals surface area contributed by atoms with Gasteiger partial charge < -0.3 is 30.7 Å². The lowest BCUT2D eigenvalue weighted by Crippen LogP contribution is -2.55. The highest BCUT2D eigenvalue weighted by atomic mass is 16.5. The monoisotopic (exact) mass is 384 g/mol. The molecule has 0 radical (unpaired) electrons. The van der Waals surface area contributed by atoms with Crippen LogP contribution >= 0.6 is 0 Å². The summed E-state index contributed by atoms with van der Waals surface area (Å²) in [4.78, 5) is 38.6. The number of rotatable bonds is 8. The molecular weight excluding hydrogens is 352 g/mol. The topological polar surface area (TPSA) is 120 Å². The van der Waals surface area contributed by atoms with E-state index in [1.54, 1.807) is 4.90 Å². The van der Waals surface area contributed by atoms with Crippen LogP contribution in [0.3, 0.4) is 0 Å². The number of aliphatic hydroxyl groups excluding tert-OH is 1. The van der Waals surface area contributed by atoms with E-state index in [1.165, 1.54) is 0 Å². The first-order chi connectivity index (χ1) is 12.9. The van der Waals surface area contributed by atoms with Crippen molar-refractivity contribution in [2.45, 2.75) is 45.2 Å². The number of hydrogen-bond acceptors (Lipinski definition) is 5. The fraction of sp³-hybridized carbons (Fsp3) is 0.833. The summed E-state index contributed by atoms with van der Waals surface area (Å²) in [6, 6.07) is -1.48. The maximum Gasteiger partial charge on any atom is 0.318 e. The number of urea groups is 1. The maximum absolute atomic E-state index is 12.7. The highest BCUT2D eigenvalue weighted by Crippen LogP contribution is 2.16. The zero-order valence-electron chi connectivity index (χ0n) is 16.2. The van der Waals surface area contributed by atoms with Gasteiger partial charge in [0.1, 0.15) is 6.04 Å². The lowest BCUT2D eigenvalue weighted by atomic mass is 9.97. The first-order valence-corrected chi connectivity index (χ1v) is 9.72. The fourth-order valence-electron chi connectivity index (χ4n) is 3.40. The Balaban J connectivity index is 1.93. The Kier molecular flexibility index (Phi) is 8.30. The minimum absolute atomic E-state index is 0.0398. The molecule has 2 rings (SSSR count). The van der Waals surface area contributed by atoms with Gasteiger partial charge in [-0.15, -0.1) is 0 Å². The van der Waals surface area contributed by atoms with E-state index >= 15 is 0 Å². The molecule has 3 atom stereocenters. The average molecular weight is 384 g/mol. The van der Waals surface area contributed by atoms with Crippen LogP contribution in [-0.4, -0.2) is 79.4 Å². The van der Waals surface area contributed by atoms with Crippen molar-refractivity contribution in [1.29, 1.82) is 0 Å². The average Bonchev–Trinajstić information content (AvgIpc) is 3.05. The van der Waals surface area contributed by atoms with Gasteiger partial charge in [-0.3, -0.25) is 9.59 Å². The molecule has 2 fully saturated rings. The number of ether oxygens (including phenoxy) is 1. The van der Waals surface area contributed by atoms with Crippen LogP contribution in [0.4, 0.5) is 4.79 Å². The molecule has 4 N–H and O–H groups in total. The number of carbonyl (C=O) groups excluding carboxylic acids is 3. The highest BCUT2D eigenvalue weighted by molar-refractivity contribution is 5.87. The van der Waals surface area contributed by atoms with Crippen molar-refractivity contribution < 1.29 is 24.2 Å². The second-order valence-electron chi connectivity index (χ2n) is 7.63. The molecule has 154 valence electrons. The van der Waals surface area contributed by atoms with Crippen LogP contribution in [0, 0.1) is 11.8 Å². The summed E-state index contributed by atoms with van der Waals surface area (Å²) in [6.45, 7) is 6.31. The fourth-order valence-corrected chi connectivity index (χ4v) is 3.40. The van der Waals surface area contributed by atoms with Crippen molar-refractivity contribution in [3.8, 4) is 0 Å². The molecular formula is C18H32N4O5. The molecule has 9 heteroatoms. The van der Waals surface area contributed by atoms with E-state index in [-0.39, 0.29) is 36.3 Å². The van der Waals surface area contributed by atoms with Gasteiger partial charge in [0.15, 0.2) is 0 Å². The van der Waals surface area contributed by atoms with Gasteiger partial charge in [0, 0.05) is 25.6 Å². The SMILES string of the molecule is CC(C)CC(NC(=O)N1CCOCC1)C(=O)NC(CO)CC1CCNC1=O. The summed E-state index contributed by atoms with van der Waals surface area (Å²) in [7, 11) is 0. The predicted molar refractivity (Wildman–Crippen MR) is 98.9 cm³/mol. The Labute approximate surface area is 160 Å². The first kappa shape index (κ1) is 21.4. The van der Waals surface area contributed by atoms with Gasteiger partial charge in [-0.05, 0) is 25.2 Å². The van der Waals surface area contributed by atoms with Crippen LogP contribution in [0.1, 0.15) is 33.1 Å². The zero-order valence-corrected chi connectivity index (χ0v) is 16.2. The summed E-state index contributed by atoms with van der Waals surface area (Å²) in [5.74, 6) is -0.363. The van der Waals surface area contributed by atoms with Crippen molar-refractivity contribution in [2.24, 2.45) is 11.8 Å². The minimum Gasteiger partial charge on any atom is -0.394 e. The van der Waals surface area contributed by atoms with Crippen molar-refractivity contribution >= 4 is 17.8 Å².